The molecule has 0 unspecified atom stereocenters. The summed E-state index contributed by atoms with van der Waals surface area (Å²) in [6, 6.07) is 114. The number of rotatable bonds is 15. The molecule has 0 N–H and O–H groups in total. The van der Waals surface area contributed by atoms with Crippen LogP contribution in [0.3, 0.4) is 0 Å². The fraction of sp³-hybridized carbons (Fsp3) is 0.101. The average molecular weight is 2120 g/mol. The van der Waals surface area contributed by atoms with Crippen molar-refractivity contribution in [2.45, 2.75) is 39.0 Å². The molecule has 12 aromatic rings. The van der Waals surface area contributed by atoms with E-state index in [9.17, 15) is 0 Å². The summed E-state index contributed by atoms with van der Waals surface area (Å²) < 4.78 is 0. The molecule has 12 aromatic carbocycles. The van der Waals surface area contributed by atoms with E-state index in [4.69, 9.17) is 25.7 Å². The molecule has 14 rings (SSSR count). The predicted molar refractivity (Wildman–Crippen MR) is 428 cm³/mol. The van der Waals surface area contributed by atoms with Gasteiger partial charge in [0.2, 0.25) is 0 Å². The number of unbranched alkanes of at least 4 members (excludes halogenated alkanes) is 1. The molecule has 2 aliphatic rings. The third-order valence-electron chi connectivity index (χ3n) is 18.4. The molecule has 0 nitrogen and oxygen atoms in total. The van der Waals surface area contributed by atoms with E-state index < -0.39 is 47.8 Å². The van der Waals surface area contributed by atoms with Crippen LogP contribution in [0.2, 0.25) is 26.2 Å². The van der Waals surface area contributed by atoms with Crippen molar-refractivity contribution in [1.29, 1.82) is 0 Å². The van der Waals surface area contributed by atoms with Gasteiger partial charge in [0.05, 0.1) is 49.4 Å². The van der Waals surface area contributed by atoms with Crippen LogP contribution in [0.4, 0.5) is 0 Å². The van der Waals surface area contributed by atoms with Crippen LogP contribution < -0.4 is 63.2 Å². The Morgan fingerprint density at radius 3 is 0.586 bits per heavy atom. The topological polar surface area (TPSA) is 0 Å². The maximum absolute atomic E-state index is 7.29. The van der Waals surface area contributed by atoms with Crippen LogP contribution in [0.15, 0.2) is 315 Å². The van der Waals surface area contributed by atoms with Gasteiger partial charge in [0.15, 0.2) is 5.90 Å². The first-order valence-electron chi connectivity index (χ1n) is 32.7. The van der Waals surface area contributed by atoms with Crippen LogP contribution in [0.25, 0.3) is 22.3 Å². The van der Waals surface area contributed by atoms with Crippen molar-refractivity contribution in [3.05, 3.63) is 363 Å². The van der Waals surface area contributed by atoms with E-state index in [1.807, 2.05) is 48.5 Å². The van der Waals surface area contributed by atoms with E-state index in [2.05, 4.69) is 317 Å². The van der Waals surface area contributed by atoms with Crippen molar-refractivity contribution in [3.8, 4) is 45.9 Å². The largest absolute Gasteiger partial charge is 1.00 e. The predicted octanol–water partition coefficient (Wildman–Crippen LogP) is 14.9. The fourth-order valence-electron chi connectivity index (χ4n) is 13.4. The molecule has 0 bridgehead atoms. The van der Waals surface area contributed by atoms with E-state index in [0.29, 0.717) is 0 Å². The first-order chi connectivity index (χ1) is 46.5. The molecular weight excluding hydrogens is 2040 g/mol. The first-order valence-corrected chi connectivity index (χ1v) is 45.5. The van der Waals surface area contributed by atoms with Crippen LogP contribution in [-0.2, 0) is 89.5 Å². The second kappa shape index (κ2) is 39.4. The summed E-state index contributed by atoms with van der Waals surface area (Å²) in [6.07, 6.45) is 34.3. The Balaban J connectivity index is 0.000000186. The second-order valence-corrected chi connectivity index (χ2v) is 44.5. The molecule has 0 atom stereocenters. The molecular formula is C89H78Au4P4Si2+4. The normalized spacial score (nSPS) is 11.8. The third kappa shape index (κ3) is 20.0. The minimum Gasteiger partial charge on any atom is -0.366 e. The van der Waals surface area contributed by atoms with Crippen molar-refractivity contribution in [1.82, 2.24) is 0 Å². The Kier molecular flexibility index (Phi) is 32.0. The Morgan fingerprint density at radius 2 is 0.414 bits per heavy atom. The van der Waals surface area contributed by atoms with Gasteiger partial charge in [-0.25, -0.2) is 0 Å². The summed E-state index contributed by atoms with van der Waals surface area (Å²) in [4.78, 5) is 0. The summed E-state index contributed by atoms with van der Waals surface area (Å²) in [5.74, 6) is 11.1. The van der Waals surface area contributed by atoms with Crippen molar-refractivity contribution < 1.29 is 89.5 Å². The quantitative estimate of drug-likeness (QED) is 0.0315. The number of hydrogen-bond acceptors (Lipinski definition) is 0. The molecule has 2 aliphatic heterocycles. The van der Waals surface area contributed by atoms with E-state index in [0.717, 1.165) is 22.3 Å². The van der Waals surface area contributed by atoms with Crippen molar-refractivity contribution in [2.75, 3.05) is 18.2 Å². The van der Waals surface area contributed by atoms with Crippen molar-refractivity contribution >= 4 is 111 Å². The summed E-state index contributed by atoms with van der Waals surface area (Å²) in [7, 11) is -6.39. The Labute approximate surface area is 660 Å². The summed E-state index contributed by atoms with van der Waals surface area (Å²) in [5, 5.41) is 17.8. The molecule has 99 heavy (non-hydrogen) atoms. The van der Waals surface area contributed by atoms with Crippen LogP contribution in [0.1, 0.15) is 35.1 Å². The zero-order valence-corrected chi connectivity index (χ0v) is 70.4. The van der Waals surface area contributed by atoms with Gasteiger partial charge in [-0.3, -0.25) is 23.7 Å². The molecule has 2 heterocycles. The van der Waals surface area contributed by atoms with Crippen LogP contribution >= 0.6 is 31.7 Å². The zero-order chi connectivity index (χ0) is 66.0. The van der Waals surface area contributed by atoms with Gasteiger partial charge in [-0.15, -0.1) is 70.8 Å². The minimum atomic E-state index is -1.63. The molecule has 0 aliphatic carbocycles. The van der Waals surface area contributed by atoms with Crippen molar-refractivity contribution in [2.24, 2.45) is 0 Å². The van der Waals surface area contributed by atoms with Gasteiger partial charge in [-0.1, -0.05) is 196 Å². The molecule has 0 fully saturated rings. The average Bonchev–Trinajstić information content (AvgIpc) is 1.59. The van der Waals surface area contributed by atoms with E-state index >= 15 is 0 Å². The Morgan fingerprint density at radius 1 is 0.242 bits per heavy atom. The number of fused-ring (bicyclic) bond motifs is 6. The number of benzene rings is 12. The molecule has 0 amide bonds. The molecule has 0 saturated heterocycles. The summed E-state index contributed by atoms with van der Waals surface area (Å²) >= 11 is 0. The van der Waals surface area contributed by atoms with Gasteiger partial charge in [0.1, 0.15) is 53.2 Å². The Bertz CT molecular complexity index is 4100. The van der Waals surface area contributed by atoms with Crippen LogP contribution in [0.5, 0.6) is 0 Å². The van der Waals surface area contributed by atoms with E-state index in [1.165, 1.54) is 117 Å². The van der Waals surface area contributed by atoms with Gasteiger partial charge >= 0.3 is 89.5 Å². The molecule has 502 valence electrons. The molecule has 0 radical (unpaired) electrons. The molecule has 10 heteroatoms. The second-order valence-electron chi connectivity index (χ2n) is 25.0. The van der Waals surface area contributed by atoms with Gasteiger partial charge in [-0.05, 0) is 153 Å². The maximum atomic E-state index is 7.29. The summed E-state index contributed by atoms with van der Waals surface area (Å²) in [5.41, 5.74) is 8.06. The smallest absolute Gasteiger partial charge is 0.366 e. The minimum absolute atomic E-state index is 0. The SMILES string of the molecule is [Au+].[Au+].[Au+].[Au+].[C-]#Cc1ccc2c(c1)-c1cc(C#[C-])ccc1[Si]2(C)C.[C-]#Cc1ccc2c(c1)-c1cc(C#[C-])ccc1[Si]2(C)C.c1ccc([PH+](CCCC[PH+](c2ccccc2)c2ccccc2)c2ccccc2)cc1.c1ccc([PH+](C[PH+](c2ccccc2)c2ccccc2)c2ccccc2)cc1. The van der Waals surface area contributed by atoms with E-state index in [1.54, 1.807) is 0 Å². The standard InChI is InChI=1S/C28H28P2.C25H22P2.2C18H12Si.4Au/c1-5-15-25(16-6-1)29(26-17-7-2-8-18-26)23-13-14-24-30(27-19-9-3-10-20-27)28-21-11-4-12-22-28;1-5-13-22(14-6-1)26(23-15-7-2-8-16-23)21-27(24-17-9-3-10-18-24)25-19-11-4-12-20-25;2*1-5-13-7-9-17-15(11-13)16-12-14(6-2)8-10-18(16)19(17,3)4;;;;/h1-12,15-22H,13-14,23-24H2;1-20H,21H2;2*7-12H,3-4H3;;;;/q;;2*-2;4*+1/p+4. The Hall–Kier alpha value is -6.01. The molecule has 0 saturated carbocycles. The zero-order valence-electron chi connectivity index (χ0n) is 55.8. The van der Waals surface area contributed by atoms with Crippen molar-refractivity contribution in [3.63, 3.8) is 0 Å². The monoisotopic (exact) mass is 2110 g/mol. The van der Waals surface area contributed by atoms with E-state index in [-0.39, 0.29) is 89.5 Å². The third-order valence-corrected chi connectivity index (χ3v) is 38.3. The first kappa shape index (κ1) is 80.3. The van der Waals surface area contributed by atoms with Crippen LogP contribution in [-0.4, -0.2) is 34.4 Å². The molecule has 0 spiro atoms. The maximum Gasteiger partial charge on any atom is 1.00 e. The molecule has 0 aromatic heterocycles. The van der Waals surface area contributed by atoms with Gasteiger partial charge in [-0.2, -0.15) is 0 Å². The van der Waals surface area contributed by atoms with Crippen LogP contribution in [0, 0.1) is 49.4 Å². The summed E-state index contributed by atoms with van der Waals surface area (Å²) in [6.45, 7) is 9.39. The van der Waals surface area contributed by atoms with Gasteiger partial charge < -0.3 is 25.7 Å². The fourth-order valence-corrected chi connectivity index (χ4v) is 32.6. The number of hydrogen-bond donors (Lipinski definition) is 0. The van der Waals surface area contributed by atoms with Gasteiger partial charge in [0, 0.05) is 0 Å². The van der Waals surface area contributed by atoms with Gasteiger partial charge in [0.25, 0.3) is 0 Å².